The van der Waals surface area contributed by atoms with Crippen LogP contribution in [0.2, 0.25) is 0 Å². The number of rotatable bonds is 6. The molecule has 3 atom stereocenters. The van der Waals surface area contributed by atoms with Gasteiger partial charge in [-0.3, -0.25) is 10.1 Å². The number of nitrogens with zero attached hydrogens (tertiary/aromatic N) is 1. The number of ether oxygens (including phenoxy) is 1. The van der Waals surface area contributed by atoms with E-state index in [4.69, 9.17) is 4.74 Å². The van der Waals surface area contributed by atoms with Gasteiger partial charge in [-0.1, -0.05) is 26.8 Å². The lowest BCUT2D eigenvalue weighted by Gasteiger charge is -2.34. The van der Waals surface area contributed by atoms with Crippen molar-refractivity contribution in [1.29, 1.82) is 0 Å². The fraction of sp³-hybridized carbons (Fsp3) is 0.688. The van der Waals surface area contributed by atoms with Gasteiger partial charge < -0.3 is 9.64 Å². The summed E-state index contributed by atoms with van der Waals surface area (Å²) >= 11 is 1.69. The van der Waals surface area contributed by atoms with Gasteiger partial charge in [0.15, 0.2) is 0 Å². The summed E-state index contributed by atoms with van der Waals surface area (Å²) in [5.41, 5.74) is -0.491. The molecule has 0 saturated carbocycles. The van der Waals surface area contributed by atoms with E-state index >= 15 is 0 Å². The van der Waals surface area contributed by atoms with E-state index in [0.29, 0.717) is 12.5 Å². The normalized spacial score (nSPS) is 27.6. The van der Waals surface area contributed by atoms with Crippen LogP contribution in [0.1, 0.15) is 45.2 Å². The molecule has 4 nitrogen and oxygen atoms in total. The van der Waals surface area contributed by atoms with Crippen molar-refractivity contribution in [3.05, 3.63) is 22.4 Å². The highest BCUT2D eigenvalue weighted by Crippen LogP contribution is 2.37. The predicted molar refractivity (Wildman–Crippen MR) is 86.2 cm³/mol. The van der Waals surface area contributed by atoms with Crippen LogP contribution in [-0.4, -0.2) is 36.1 Å². The van der Waals surface area contributed by atoms with Crippen LogP contribution in [0.3, 0.4) is 0 Å². The molecule has 0 aliphatic carbocycles. The van der Waals surface area contributed by atoms with Crippen LogP contribution in [0.15, 0.2) is 17.5 Å². The summed E-state index contributed by atoms with van der Waals surface area (Å²) in [5, 5.41) is 5.60. The third-order valence-corrected chi connectivity index (χ3v) is 5.35. The van der Waals surface area contributed by atoms with Crippen molar-refractivity contribution in [2.45, 2.75) is 51.9 Å². The average Bonchev–Trinajstić information content (AvgIpc) is 3.05. The molecule has 0 radical (unpaired) electrons. The van der Waals surface area contributed by atoms with Crippen molar-refractivity contribution < 1.29 is 9.53 Å². The molecule has 1 saturated heterocycles. The lowest BCUT2D eigenvalue weighted by molar-refractivity contribution is -0.137. The van der Waals surface area contributed by atoms with Crippen molar-refractivity contribution in [2.24, 2.45) is 5.92 Å². The Hall–Kier alpha value is -0.910. The molecule has 2 heterocycles. The van der Waals surface area contributed by atoms with Gasteiger partial charge in [0.1, 0.15) is 6.17 Å². The van der Waals surface area contributed by atoms with E-state index in [0.717, 1.165) is 6.42 Å². The smallest absolute Gasteiger partial charge is 0.244 e. The molecule has 1 N–H and O–H groups in total. The van der Waals surface area contributed by atoms with Gasteiger partial charge in [-0.05, 0) is 30.7 Å². The van der Waals surface area contributed by atoms with Crippen molar-refractivity contribution in [3.8, 4) is 0 Å². The fourth-order valence-electron chi connectivity index (χ4n) is 2.85. The monoisotopic (exact) mass is 310 g/mol. The number of carbonyl (C=O) groups excluding carboxylic acids is 1. The molecule has 1 aromatic heterocycles. The molecule has 5 heteroatoms. The molecule has 0 aromatic carbocycles. The summed E-state index contributed by atoms with van der Waals surface area (Å²) in [4.78, 5) is 16.2. The quantitative estimate of drug-likeness (QED) is 0.878. The molecule has 21 heavy (non-hydrogen) atoms. The van der Waals surface area contributed by atoms with Crippen LogP contribution >= 0.6 is 11.3 Å². The number of hydrogen-bond acceptors (Lipinski definition) is 4. The maximum Gasteiger partial charge on any atom is 0.244 e. The van der Waals surface area contributed by atoms with E-state index in [1.165, 1.54) is 4.88 Å². The Balaban J connectivity index is 2.39. The first-order valence-electron chi connectivity index (χ1n) is 7.57. The van der Waals surface area contributed by atoms with E-state index in [1.807, 2.05) is 17.9 Å². The Morgan fingerprint density at radius 1 is 1.52 bits per heavy atom. The van der Waals surface area contributed by atoms with E-state index in [2.05, 4.69) is 37.5 Å². The van der Waals surface area contributed by atoms with Crippen LogP contribution in [0.4, 0.5) is 0 Å². The Bertz CT molecular complexity index is 475. The van der Waals surface area contributed by atoms with Gasteiger partial charge in [0, 0.05) is 12.0 Å². The molecule has 0 spiro atoms. The van der Waals surface area contributed by atoms with Crippen molar-refractivity contribution in [1.82, 2.24) is 10.2 Å². The Morgan fingerprint density at radius 3 is 2.71 bits per heavy atom. The molecular formula is C16H26N2O2S. The number of thiophene rings is 1. The van der Waals surface area contributed by atoms with Crippen LogP contribution in [-0.2, 0) is 9.53 Å². The van der Waals surface area contributed by atoms with Gasteiger partial charge in [-0.25, -0.2) is 0 Å². The Kier molecular flexibility index (Phi) is 5.07. The first-order valence-corrected chi connectivity index (χ1v) is 8.45. The second kappa shape index (κ2) is 6.46. The largest absolute Gasteiger partial charge is 0.383 e. The molecule has 0 bridgehead atoms. The summed E-state index contributed by atoms with van der Waals surface area (Å²) < 4.78 is 5.38. The summed E-state index contributed by atoms with van der Waals surface area (Å²) in [6, 6.07) is 4.20. The Morgan fingerprint density at radius 2 is 2.24 bits per heavy atom. The topological polar surface area (TPSA) is 41.6 Å². The molecular weight excluding hydrogens is 284 g/mol. The third kappa shape index (κ3) is 3.00. The van der Waals surface area contributed by atoms with Crippen molar-refractivity contribution in [3.63, 3.8) is 0 Å². The molecule has 118 valence electrons. The summed E-state index contributed by atoms with van der Waals surface area (Å²) in [7, 11) is 1.70. The number of carbonyl (C=O) groups is 1. The molecule has 1 aliphatic heterocycles. The standard InChI is InChI=1S/C16H26N2O2S/c1-6-16(4)15(19)18(12(10-20-5)11(2)3)14(17-16)13-8-7-9-21-13/h7-9,11-12,14,17H,6,10H2,1-5H3. The average molecular weight is 310 g/mol. The minimum atomic E-state index is -0.491. The lowest BCUT2D eigenvalue weighted by Crippen LogP contribution is -2.48. The van der Waals surface area contributed by atoms with Gasteiger partial charge in [-0.15, -0.1) is 11.3 Å². The van der Waals surface area contributed by atoms with Crippen LogP contribution in [0.5, 0.6) is 0 Å². The molecule has 1 aromatic rings. The first-order chi connectivity index (χ1) is 9.94. The SMILES string of the molecule is CCC1(C)NC(c2cccs2)N(C(COC)C(C)C)C1=O. The fourth-order valence-corrected chi connectivity index (χ4v) is 3.62. The highest BCUT2D eigenvalue weighted by molar-refractivity contribution is 7.10. The molecule has 1 fully saturated rings. The zero-order chi connectivity index (χ0) is 15.6. The number of methoxy groups -OCH3 is 1. The second-order valence-corrected chi connectivity index (χ2v) is 7.21. The minimum Gasteiger partial charge on any atom is -0.383 e. The van der Waals surface area contributed by atoms with Crippen LogP contribution in [0.25, 0.3) is 0 Å². The zero-order valence-electron chi connectivity index (χ0n) is 13.6. The summed E-state index contributed by atoms with van der Waals surface area (Å²) in [5.74, 6) is 0.525. The van der Waals surface area contributed by atoms with Gasteiger partial charge in [0.25, 0.3) is 0 Å². The first kappa shape index (κ1) is 16.5. The van der Waals surface area contributed by atoms with E-state index in [-0.39, 0.29) is 18.1 Å². The van der Waals surface area contributed by atoms with Crippen LogP contribution < -0.4 is 5.32 Å². The zero-order valence-corrected chi connectivity index (χ0v) is 14.4. The highest BCUT2D eigenvalue weighted by atomic mass is 32.1. The number of amides is 1. The highest BCUT2D eigenvalue weighted by Gasteiger charge is 2.50. The molecule has 2 rings (SSSR count). The summed E-state index contributed by atoms with van der Waals surface area (Å²) in [6.07, 6.45) is 0.729. The molecule has 1 aliphatic rings. The Labute approximate surface area is 131 Å². The maximum absolute atomic E-state index is 13.0. The van der Waals surface area contributed by atoms with Crippen molar-refractivity contribution >= 4 is 17.2 Å². The second-order valence-electron chi connectivity index (χ2n) is 6.23. The number of hydrogen-bond donors (Lipinski definition) is 1. The van der Waals surface area contributed by atoms with Crippen LogP contribution in [0, 0.1) is 5.92 Å². The van der Waals surface area contributed by atoms with Gasteiger partial charge in [0.2, 0.25) is 5.91 Å². The van der Waals surface area contributed by atoms with Crippen molar-refractivity contribution in [2.75, 3.05) is 13.7 Å². The predicted octanol–water partition coefficient (Wildman–Crippen LogP) is 3.02. The van der Waals surface area contributed by atoms with E-state index < -0.39 is 5.54 Å². The maximum atomic E-state index is 13.0. The minimum absolute atomic E-state index is 0.0509. The third-order valence-electron chi connectivity index (χ3n) is 4.42. The van der Waals surface area contributed by atoms with Gasteiger partial charge in [0.05, 0.1) is 18.2 Å². The van der Waals surface area contributed by atoms with Gasteiger partial charge in [-0.2, -0.15) is 0 Å². The number of nitrogens with one attached hydrogen (secondary N) is 1. The van der Waals surface area contributed by atoms with Gasteiger partial charge >= 0.3 is 0 Å². The summed E-state index contributed by atoms with van der Waals surface area (Å²) in [6.45, 7) is 8.90. The van der Waals surface area contributed by atoms with E-state index in [1.54, 1.807) is 18.4 Å². The molecule has 1 amide bonds. The van der Waals surface area contributed by atoms with E-state index in [9.17, 15) is 4.79 Å². The lowest BCUT2D eigenvalue weighted by atomic mass is 9.97. The molecule has 3 unspecified atom stereocenters.